The molecule has 3 rings (SSSR count). The number of nitrogens with one attached hydrogen (secondary N) is 1. The van der Waals surface area contributed by atoms with E-state index in [1.165, 1.54) is 0 Å². The van der Waals surface area contributed by atoms with E-state index < -0.39 is 5.91 Å². The molecule has 1 heterocycles. The van der Waals surface area contributed by atoms with Crippen LogP contribution in [0.5, 0.6) is 0 Å². The lowest BCUT2D eigenvalue weighted by molar-refractivity contribution is -0.130. The number of anilines is 1. The van der Waals surface area contributed by atoms with Crippen LogP contribution in [-0.2, 0) is 9.59 Å². The van der Waals surface area contributed by atoms with E-state index in [-0.39, 0.29) is 11.5 Å². The third kappa shape index (κ3) is 5.62. The Kier molecular flexibility index (Phi) is 6.93. The summed E-state index contributed by atoms with van der Waals surface area (Å²) in [5.74, 6) is -0.401. The van der Waals surface area contributed by atoms with Crippen molar-refractivity contribution in [1.82, 2.24) is 9.80 Å². The van der Waals surface area contributed by atoms with E-state index in [0.717, 1.165) is 9.79 Å². The third-order valence-electron chi connectivity index (χ3n) is 4.54. The zero-order chi connectivity index (χ0) is 20.6. The van der Waals surface area contributed by atoms with Crippen molar-refractivity contribution in [3.05, 3.63) is 66.4 Å². The van der Waals surface area contributed by atoms with Gasteiger partial charge in [-0.15, -0.1) is 0 Å². The molecule has 1 fully saturated rings. The average molecular weight is 407 g/mol. The second-order valence-electron chi connectivity index (χ2n) is 6.56. The van der Waals surface area contributed by atoms with E-state index >= 15 is 0 Å². The Labute approximate surface area is 174 Å². The van der Waals surface area contributed by atoms with Gasteiger partial charge < -0.3 is 15.1 Å². The largest absolute Gasteiger partial charge is 0.373 e. The maximum Gasteiger partial charge on any atom is 0.267 e. The fourth-order valence-electron chi connectivity index (χ4n) is 2.95. The van der Waals surface area contributed by atoms with Crippen LogP contribution >= 0.6 is 11.8 Å². The number of nitriles is 1. The number of hydrogen-bond donors (Lipinski definition) is 1. The molecule has 0 saturated carbocycles. The fraction of sp³-hybridized carbons (Fsp3) is 0.227. The molecular formula is C22H22N4O2S. The first kappa shape index (κ1) is 20.5. The number of benzene rings is 2. The van der Waals surface area contributed by atoms with Crippen molar-refractivity contribution in [3.8, 4) is 6.07 Å². The van der Waals surface area contributed by atoms with E-state index in [1.54, 1.807) is 29.8 Å². The van der Waals surface area contributed by atoms with Crippen molar-refractivity contribution in [1.29, 1.82) is 5.26 Å². The topological polar surface area (TPSA) is 76.4 Å². The first-order chi connectivity index (χ1) is 14.1. The molecule has 7 heteroatoms. The van der Waals surface area contributed by atoms with Crippen molar-refractivity contribution in [2.45, 2.75) is 16.7 Å². The van der Waals surface area contributed by atoms with E-state index in [4.69, 9.17) is 0 Å². The number of para-hydroxylation sites is 1. The van der Waals surface area contributed by atoms with Crippen LogP contribution < -0.4 is 5.32 Å². The van der Waals surface area contributed by atoms with E-state index in [0.29, 0.717) is 31.9 Å². The lowest BCUT2D eigenvalue weighted by Gasteiger charge is -2.33. The molecule has 0 aliphatic carbocycles. The van der Waals surface area contributed by atoms with E-state index in [9.17, 15) is 14.9 Å². The third-order valence-corrected chi connectivity index (χ3v) is 5.63. The molecule has 2 amide bonds. The molecular weight excluding hydrogens is 384 g/mol. The Hall–Kier alpha value is -3.24. The van der Waals surface area contributed by atoms with Crippen LogP contribution in [0.1, 0.15) is 6.92 Å². The predicted octanol–water partition coefficient (Wildman–Crippen LogP) is 3.35. The maximum absolute atomic E-state index is 12.7. The Balaban J connectivity index is 1.69. The predicted molar refractivity (Wildman–Crippen MR) is 113 cm³/mol. The minimum atomic E-state index is -0.442. The zero-order valence-electron chi connectivity index (χ0n) is 16.2. The number of carbonyl (C=O) groups is 2. The Morgan fingerprint density at radius 2 is 1.69 bits per heavy atom. The van der Waals surface area contributed by atoms with Gasteiger partial charge in [-0.2, -0.15) is 5.26 Å². The second-order valence-corrected chi connectivity index (χ2v) is 7.68. The summed E-state index contributed by atoms with van der Waals surface area (Å²) in [6, 6.07) is 19.4. The van der Waals surface area contributed by atoms with E-state index in [1.807, 2.05) is 65.6 Å². The van der Waals surface area contributed by atoms with Crippen molar-refractivity contribution >= 4 is 29.3 Å². The summed E-state index contributed by atoms with van der Waals surface area (Å²) in [6.45, 7) is 3.91. The van der Waals surface area contributed by atoms with Crippen molar-refractivity contribution in [3.63, 3.8) is 0 Å². The van der Waals surface area contributed by atoms with Gasteiger partial charge >= 0.3 is 0 Å². The van der Waals surface area contributed by atoms with Gasteiger partial charge in [0.05, 0.1) is 5.69 Å². The summed E-state index contributed by atoms with van der Waals surface area (Å²) in [7, 11) is 0. The van der Waals surface area contributed by atoms with Crippen LogP contribution in [0.15, 0.2) is 76.2 Å². The van der Waals surface area contributed by atoms with Gasteiger partial charge in [-0.05, 0) is 24.3 Å². The number of hydrogen-bond acceptors (Lipinski definition) is 5. The number of amides is 2. The summed E-state index contributed by atoms with van der Waals surface area (Å²) < 4.78 is 0. The van der Waals surface area contributed by atoms with Crippen molar-refractivity contribution in [2.24, 2.45) is 0 Å². The van der Waals surface area contributed by atoms with E-state index in [2.05, 4.69) is 5.32 Å². The van der Waals surface area contributed by atoms with Gasteiger partial charge in [0.2, 0.25) is 5.91 Å². The molecule has 2 aromatic carbocycles. The van der Waals surface area contributed by atoms with Crippen LogP contribution in [0.3, 0.4) is 0 Å². The molecule has 0 atom stereocenters. The monoisotopic (exact) mass is 406 g/mol. The molecule has 1 saturated heterocycles. The van der Waals surface area contributed by atoms with Crippen LogP contribution in [0.2, 0.25) is 0 Å². The fourth-order valence-corrected chi connectivity index (χ4v) is 3.87. The van der Waals surface area contributed by atoms with Gasteiger partial charge in [0.25, 0.3) is 5.91 Å². The lowest BCUT2D eigenvalue weighted by atomic mass is 10.2. The quantitative estimate of drug-likeness (QED) is 0.609. The molecule has 29 heavy (non-hydrogen) atoms. The Bertz CT molecular complexity index is 945. The van der Waals surface area contributed by atoms with Crippen LogP contribution in [-0.4, -0.2) is 47.8 Å². The smallest absolute Gasteiger partial charge is 0.267 e. The molecule has 0 unspecified atom stereocenters. The van der Waals surface area contributed by atoms with Gasteiger partial charge in [-0.1, -0.05) is 42.1 Å². The van der Waals surface area contributed by atoms with Crippen LogP contribution in [0.4, 0.5) is 5.69 Å². The molecule has 1 aliphatic heterocycles. The number of nitrogens with zero attached hydrogens (tertiary/aromatic N) is 3. The molecule has 0 aromatic heterocycles. The Morgan fingerprint density at radius 3 is 2.34 bits per heavy atom. The summed E-state index contributed by atoms with van der Waals surface area (Å²) in [5.41, 5.74) is 0.703. The lowest BCUT2D eigenvalue weighted by Crippen LogP contribution is -2.46. The molecule has 1 N–H and O–H groups in total. The van der Waals surface area contributed by atoms with Gasteiger partial charge in [0, 0.05) is 49.1 Å². The summed E-state index contributed by atoms with van der Waals surface area (Å²) in [6.07, 6.45) is 1.58. The summed E-state index contributed by atoms with van der Waals surface area (Å²) >= 11 is 1.55. The average Bonchev–Trinajstić information content (AvgIpc) is 2.74. The second kappa shape index (κ2) is 9.80. The molecule has 1 aliphatic rings. The summed E-state index contributed by atoms with van der Waals surface area (Å²) in [5, 5.41) is 12.3. The van der Waals surface area contributed by atoms with Gasteiger partial charge in [-0.3, -0.25) is 9.59 Å². The number of rotatable bonds is 5. The maximum atomic E-state index is 12.7. The SMILES string of the molecule is CC(=O)N1CCN(/C=C(/C#N)C(=O)Nc2ccccc2Sc2ccccc2)CC1. The highest BCUT2D eigenvalue weighted by Gasteiger charge is 2.19. The molecule has 2 aromatic rings. The standard InChI is InChI=1S/C22H22N4O2S/c1-17(27)26-13-11-25(12-14-26)16-18(15-23)22(28)24-20-9-5-6-10-21(20)29-19-7-3-2-4-8-19/h2-10,16H,11-14H2,1H3,(H,24,28)/b18-16-. The molecule has 0 spiro atoms. The highest BCUT2D eigenvalue weighted by atomic mass is 32.2. The highest BCUT2D eigenvalue weighted by Crippen LogP contribution is 2.33. The molecule has 0 bridgehead atoms. The molecule has 6 nitrogen and oxygen atoms in total. The van der Waals surface area contributed by atoms with Gasteiger partial charge in [-0.25, -0.2) is 0 Å². The first-order valence-corrected chi connectivity index (χ1v) is 10.1. The zero-order valence-corrected chi connectivity index (χ0v) is 17.0. The van der Waals surface area contributed by atoms with Crippen LogP contribution in [0.25, 0.3) is 0 Å². The summed E-state index contributed by atoms with van der Waals surface area (Å²) in [4.78, 5) is 29.8. The van der Waals surface area contributed by atoms with Crippen molar-refractivity contribution in [2.75, 3.05) is 31.5 Å². The highest BCUT2D eigenvalue weighted by molar-refractivity contribution is 7.99. The molecule has 148 valence electrons. The molecule has 0 radical (unpaired) electrons. The number of piperazine rings is 1. The minimum absolute atomic E-state index is 0.0411. The normalized spacial score (nSPS) is 14.3. The van der Waals surface area contributed by atoms with Gasteiger partial charge in [0.15, 0.2) is 0 Å². The number of carbonyl (C=O) groups excluding carboxylic acids is 2. The van der Waals surface area contributed by atoms with Gasteiger partial charge in [0.1, 0.15) is 11.6 Å². The first-order valence-electron chi connectivity index (χ1n) is 9.31. The Morgan fingerprint density at radius 1 is 1.03 bits per heavy atom. The van der Waals surface area contributed by atoms with Crippen molar-refractivity contribution < 1.29 is 9.59 Å². The minimum Gasteiger partial charge on any atom is -0.373 e. The van der Waals surface area contributed by atoms with Crippen LogP contribution in [0, 0.1) is 11.3 Å².